The van der Waals surface area contributed by atoms with Crippen LogP contribution in [0.1, 0.15) is 50.7 Å². The number of hydrogen-bond acceptors (Lipinski definition) is 2. The maximum Gasteiger partial charge on any atom is 0.416 e. The van der Waals surface area contributed by atoms with E-state index in [1.807, 2.05) is 20.8 Å². The number of phenols is 1. The van der Waals surface area contributed by atoms with E-state index >= 15 is 0 Å². The third kappa shape index (κ3) is 3.76. The zero-order valence-electron chi connectivity index (χ0n) is 13.9. The van der Waals surface area contributed by atoms with Crippen molar-refractivity contribution in [3.63, 3.8) is 0 Å². The number of alkyl halides is 3. The highest BCUT2D eigenvalue weighted by atomic mass is 19.4. The van der Waals surface area contributed by atoms with Crippen molar-refractivity contribution in [1.82, 2.24) is 4.90 Å². The maximum atomic E-state index is 12.9. The van der Waals surface area contributed by atoms with E-state index in [2.05, 4.69) is 0 Å². The highest BCUT2D eigenvalue weighted by Crippen LogP contribution is 2.43. The molecule has 1 aromatic carbocycles. The standard InChI is InChI=1S/C17H22F3NO3/c1-16(2,3)14-8-10(6-7-21(14)15(23)24)12-9-11(17(18,19)20)4-5-13(12)22/h4-5,9-10,14,22H,6-8H2,1-3H3,(H,23,24). The van der Waals surface area contributed by atoms with Crippen LogP contribution in [0.25, 0.3) is 0 Å². The summed E-state index contributed by atoms with van der Waals surface area (Å²) in [7, 11) is 0. The number of likely N-dealkylation sites (tertiary alicyclic amines) is 1. The monoisotopic (exact) mass is 345 g/mol. The number of piperidine rings is 1. The topological polar surface area (TPSA) is 60.8 Å². The molecule has 2 unspecified atom stereocenters. The van der Waals surface area contributed by atoms with Gasteiger partial charge in [-0.05, 0) is 47.9 Å². The van der Waals surface area contributed by atoms with Crippen LogP contribution in [0.5, 0.6) is 5.75 Å². The van der Waals surface area contributed by atoms with Gasteiger partial charge in [0.1, 0.15) is 5.75 Å². The van der Waals surface area contributed by atoms with E-state index in [9.17, 15) is 28.2 Å². The first-order chi connectivity index (χ1) is 10.9. The van der Waals surface area contributed by atoms with Crippen molar-refractivity contribution in [2.45, 2.75) is 51.7 Å². The van der Waals surface area contributed by atoms with Crippen LogP contribution in [0.2, 0.25) is 0 Å². The summed E-state index contributed by atoms with van der Waals surface area (Å²) in [5.74, 6) is -0.489. The Hall–Kier alpha value is -1.92. The fourth-order valence-corrected chi connectivity index (χ4v) is 3.36. The Kier molecular flexibility index (Phi) is 4.74. The van der Waals surface area contributed by atoms with Gasteiger partial charge in [-0.2, -0.15) is 13.2 Å². The quantitative estimate of drug-likeness (QED) is 0.777. The minimum Gasteiger partial charge on any atom is -0.508 e. The van der Waals surface area contributed by atoms with Crippen LogP contribution < -0.4 is 0 Å². The van der Waals surface area contributed by atoms with E-state index in [4.69, 9.17) is 0 Å². The minimum atomic E-state index is -4.48. The minimum absolute atomic E-state index is 0.176. The van der Waals surface area contributed by atoms with Crippen molar-refractivity contribution in [2.75, 3.05) is 6.54 Å². The fraction of sp³-hybridized carbons (Fsp3) is 0.588. The van der Waals surface area contributed by atoms with E-state index in [0.717, 1.165) is 18.2 Å². The summed E-state index contributed by atoms with van der Waals surface area (Å²) < 4.78 is 38.8. The zero-order chi connectivity index (χ0) is 18.3. The van der Waals surface area contributed by atoms with E-state index in [-0.39, 0.29) is 35.2 Å². The molecule has 7 heteroatoms. The molecule has 2 N–H and O–H groups in total. The van der Waals surface area contributed by atoms with Gasteiger partial charge in [-0.15, -0.1) is 0 Å². The van der Waals surface area contributed by atoms with Crippen LogP contribution in [0.4, 0.5) is 18.0 Å². The Bertz CT molecular complexity index is 622. The number of benzene rings is 1. The Balaban J connectivity index is 2.35. The first kappa shape index (κ1) is 18.4. The number of halogens is 3. The molecule has 1 amide bonds. The maximum absolute atomic E-state index is 12.9. The van der Waals surface area contributed by atoms with Gasteiger partial charge >= 0.3 is 12.3 Å². The molecule has 1 fully saturated rings. The van der Waals surface area contributed by atoms with Crippen LogP contribution in [0.15, 0.2) is 18.2 Å². The van der Waals surface area contributed by atoms with Gasteiger partial charge in [0.2, 0.25) is 0 Å². The molecule has 0 saturated carbocycles. The molecular weight excluding hydrogens is 323 g/mol. The summed E-state index contributed by atoms with van der Waals surface area (Å²) in [5.41, 5.74) is -0.915. The van der Waals surface area contributed by atoms with Crippen LogP contribution in [-0.2, 0) is 6.18 Å². The number of amides is 1. The first-order valence-corrected chi connectivity index (χ1v) is 7.81. The lowest BCUT2D eigenvalue weighted by Gasteiger charge is -2.44. The summed E-state index contributed by atoms with van der Waals surface area (Å²) in [6.07, 6.45) is -4.74. The molecule has 1 aromatic rings. The number of rotatable bonds is 1. The Morgan fingerprint density at radius 2 is 1.88 bits per heavy atom. The van der Waals surface area contributed by atoms with Crippen LogP contribution >= 0.6 is 0 Å². The number of aromatic hydroxyl groups is 1. The predicted octanol–water partition coefficient (Wildman–Crippen LogP) is 4.68. The largest absolute Gasteiger partial charge is 0.508 e. The molecule has 1 saturated heterocycles. The summed E-state index contributed by atoms with van der Waals surface area (Å²) in [6, 6.07) is 2.57. The van der Waals surface area contributed by atoms with Crippen molar-refractivity contribution >= 4 is 6.09 Å². The summed E-state index contributed by atoms with van der Waals surface area (Å²) >= 11 is 0. The van der Waals surface area contributed by atoms with Gasteiger partial charge in [-0.25, -0.2) is 4.79 Å². The van der Waals surface area contributed by atoms with Gasteiger partial charge in [0, 0.05) is 12.6 Å². The molecule has 2 atom stereocenters. The second kappa shape index (κ2) is 6.18. The molecule has 1 heterocycles. The van der Waals surface area contributed by atoms with E-state index in [1.54, 1.807) is 0 Å². The van der Waals surface area contributed by atoms with Crippen LogP contribution in [0, 0.1) is 5.41 Å². The number of carboxylic acid groups (broad SMARTS) is 1. The average molecular weight is 345 g/mol. The third-order valence-electron chi connectivity index (χ3n) is 4.64. The summed E-state index contributed by atoms with van der Waals surface area (Å²) in [6.45, 7) is 5.95. The highest BCUT2D eigenvalue weighted by molar-refractivity contribution is 5.65. The number of hydrogen-bond donors (Lipinski definition) is 2. The van der Waals surface area contributed by atoms with E-state index < -0.39 is 17.8 Å². The SMILES string of the molecule is CC(C)(C)C1CC(c2cc(C(F)(F)F)ccc2O)CCN1C(=O)O. The van der Waals surface area contributed by atoms with Crippen molar-refractivity contribution in [3.8, 4) is 5.75 Å². The van der Waals surface area contributed by atoms with Gasteiger partial charge in [0.05, 0.1) is 5.56 Å². The Morgan fingerprint density at radius 3 is 2.38 bits per heavy atom. The second-order valence-electron chi connectivity index (χ2n) is 7.35. The molecule has 0 radical (unpaired) electrons. The van der Waals surface area contributed by atoms with Crippen molar-refractivity contribution in [3.05, 3.63) is 29.3 Å². The molecular formula is C17H22F3NO3. The molecule has 2 rings (SSSR count). The lowest BCUT2D eigenvalue weighted by molar-refractivity contribution is -0.137. The molecule has 134 valence electrons. The van der Waals surface area contributed by atoms with Crippen LogP contribution in [-0.4, -0.2) is 33.8 Å². The summed E-state index contributed by atoms with van der Waals surface area (Å²) in [4.78, 5) is 12.8. The van der Waals surface area contributed by atoms with Gasteiger partial charge < -0.3 is 15.1 Å². The number of carbonyl (C=O) groups is 1. The molecule has 24 heavy (non-hydrogen) atoms. The lowest BCUT2D eigenvalue weighted by Crippen LogP contribution is -2.51. The normalized spacial score (nSPS) is 22.5. The number of phenolic OH excluding ortho intramolecular Hbond substituents is 1. The van der Waals surface area contributed by atoms with Crippen molar-refractivity contribution in [2.24, 2.45) is 5.41 Å². The third-order valence-corrected chi connectivity index (χ3v) is 4.64. The molecule has 4 nitrogen and oxygen atoms in total. The first-order valence-electron chi connectivity index (χ1n) is 7.81. The zero-order valence-corrected chi connectivity index (χ0v) is 13.9. The predicted molar refractivity (Wildman–Crippen MR) is 83.1 cm³/mol. The van der Waals surface area contributed by atoms with Gasteiger partial charge in [0.15, 0.2) is 0 Å². The second-order valence-corrected chi connectivity index (χ2v) is 7.35. The molecule has 1 aliphatic rings. The molecule has 0 spiro atoms. The van der Waals surface area contributed by atoms with E-state index in [0.29, 0.717) is 12.8 Å². The smallest absolute Gasteiger partial charge is 0.416 e. The number of nitrogens with zero attached hydrogens (tertiary/aromatic N) is 1. The van der Waals surface area contributed by atoms with E-state index in [1.165, 1.54) is 4.90 Å². The van der Waals surface area contributed by atoms with Crippen molar-refractivity contribution < 1.29 is 28.2 Å². The van der Waals surface area contributed by atoms with Crippen molar-refractivity contribution in [1.29, 1.82) is 0 Å². The summed E-state index contributed by atoms with van der Waals surface area (Å²) in [5, 5.41) is 19.4. The molecule has 1 aliphatic heterocycles. The van der Waals surface area contributed by atoms with Gasteiger partial charge in [-0.1, -0.05) is 20.8 Å². The lowest BCUT2D eigenvalue weighted by atomic mass is 9.75. The Labute approximate surface area is 138 Å². The highest BCUT2D eigenvalue weighted by Gasteiger charge is 2.40. The van der Waals surface area contributed by atoms with Gasteiger partial charge in [0.25, 0.3) is 0 Å². The van der Waals surface area contributed by atoms with Gasteiger partial charge in [-0.3, -0.25) is 0 Å². The Morgan fingerprint density at radius 1 is 1.25 bits per heavy atom. The molecule has 0 aliphatic carbocycles. The fourth-order valence-electron chi connectivity index (χ4n) is 3.36. The average Bonchev–Trinajstić information content (AvgIpc) is 2.45. The molecule has 0 aromatic heterocycles. The molecule has 0 bridgehead atoms. The van der Waals surface area contributed by atoms with Crippen LogP contribution in [0.3, 0.4) is 0 Å².